The van der Waals surface area contributed by atoms with Crippen molar-refractivity contribution in [2.24, 2.45) is 5.92 Å². The molecular formula is C17H31NO2. The Balaban J connectivity index is 1.73. The van der Waals surface area contributed by atoms with E-state index in [4.69, 9.17) is 4.74 Å². The summed E-state index contributed by atoms with van der Waals surface area (Å²) in [6.07, 6.45) is 12.2. The van der Waals surface area contributed by atoms with Crippen LogP contribution in [0.2, 0.25) is 0 Å². The normalized spacial score (nSPS) is 30.5. The molecule has 2 fully saturated rings. The van der Waals surface area contributed by atoms with Crippen LogP contribution in [-0.4, -0.2) is 24.2 Å². The molecule has 0 aliphatic heterocycles. The Hall–Kier alpha value is -0.570. The van der Waals surface area contributed by atoms with E-state index in [0.717, 1.165) is 31.6 Å². The highest BCUT2D eigenvalue weighted by Gasteiger charge is 2.25. The molecule has 2 aliphatic carbocycles. The van der Waals surface area contributed by atoms with Gasteiger partial charge in [0, 0.05) is 6.04 Å². The van der Waals surface area contributed by atoms with Crippen LogP contribution in [0.3, 0.4) is 0 Å². The number of ether oxygens (including phenoxy) is 1. The first kappa shape index (κ1) is 15.8. The van der Waals surface area contributed by atoms with Gasteiger partial charge >= 0.3 is 0 Å². The molecule has 0 unspecified atom stereocenters. The average molecular weight is 281 g/mol. The van der Waals surface area contributed by atoms with Gasteiger partial charge in [-0.1, -0.05) is 45.4 Å². The Labute approximate surface area is 123 Å². The van der Waals surface area contributed by atoms with Crippen LogP contribution in [0.5, 0.6) is 0 Å². The highest BCUT2D eigenvalue weighted by atomic mass is 16.5. The number of rotatable bonds is 4. The van der Waals surface area contributed by atoms with Crippen LogP contribution < -0.4 is 5.32 Å². The molecule has 0 aromatic carbocycles. The van der Waals surface area contributed by atoms with Gasteiger partial charge in [0.05, 0.1) is 6.10 Å². The molecule has 1 amide bonds. The molecule has 0 aromatic rings. The molecule has 0 spiro atoms. The van der Waals surface area contributed by atoms with E-state index in [1.807, 2.05) is 6.92 Å². The van der Waals surface area contributed by atoms with Crippen LogP contribution in [0.15, 0.2) is 0 Å². The second kappa shape index (κ2) is 8.02. The smallest absolute Gasteiger partial charge is 0.249 e. The Morgan fingerprint density at radius 1 is 1.05 bits per heavy atom. The zero-order valence-corrected chi connectivity index (χ0v) is 13.2. The summed E-state index contributed by atoms with van der Waals surface area (Å²) >= 11 is 0. The highest BCUT2D eigenvalue weighted by molar-refractivity contribution is 5.80. The van der Waals surface area contributed by atoms with Gasteiger partial charge in [-0.05, 0) is 38.5 Å². The molecule has 0 aromatic heterocycles. The number of amides is 1. The quantitative estimate of drug-likeness (QED) is 0.796. The first-order valence-corrected chi connectivity index (χ1v) is 8.61. The molecule has 0 radical (unpaired) electrons. The molecule has 0 heterocycles. The molecular weight excluding hydrogens is 250 g/mol. The first-order valence-electron chi connectivity index (χ1n) is 8.61. The third kappa shape index (κ3) is 5.08. The van der Waals surface area contributed by atoms with E-state index in [1.54, 1.807) is 0 Å². The fraction of sp³-hybridized carbons (Fsp3) is 0.941. The summed E-state index contributed by atoms with van der Waals surface area (Å²) in [6, 6.07) is 0.376. The summed E-state index contributed by atoms with van der Waals surface area (Å²) in [7, 11) is 0. The standard InChI is InChI=1S/C17H31NO2/c1-13-8-7-11-16(12-13)20-14(2)17(19)18-15-9-5-3-4-6-10-15/h13-16H,3-12H2,1-2H3,(H,18,19)/t13-,14+,16+/m1/s1. The van der Waals surface area contributed by atoms with Crippen molar-refractivity contribution in [3.05, 3.63) is 0 Å². The average Bonchev–Trinajstić information content (AvgIpc) is 2.67. The third-order valence-corrected chi connectivity index (χ3v) is 4.86. The van der Waals surface area contributed by atoms with Crippen molar-refractivity contribution in [1.82, 2.24) is 5.32 Å². The predicted octanol–water partition coefficient (Wildman–Crippen LogP) is 3.81. The largest absolute Gasteiger partial charge is 0.365 e. The fourth-order valence-electron chi connectivity index (χ4n) is 3.59. The molecule has 2 rings (SSSR count). The van der Waals surface area contributed by atoms with Gasteiger partial charge in [-0.2, -0.15) is 0 Å². The summed E-state index contributed by atoms with van der Waals surface area (Å²) in [4.78, 5) is 12.2. The molecule has 2 saturated carbocycles. The van der Waals surface area contributed by atoms with Gasteiger partial charge in [0.25, 0.3) is 0 Å². The van der Waals surface area contributed by atoms with E-state index in [2.05, 4.69) is 12.2 Å². The Morgan fingerprint density at radius 2 is 1.75 bits per heavy atom. The van der Waals surface area contributed by atoms with Crippen LogP contribution in [-0.2, 0) is 9.53 Å². The monoisotopic (exact) mass is 281 g/mol. The lowest BCUT2D eigenvalue weighted by molar-refractivity contribution is -0.138. The van der Waals surface area contributed by atoms with E-state index >= 15 is 0 Å². The summed E-state index contributed by atoms with van der Waals surface area (Å²) < 4.78 is 5.98. The number of carbonyl (C=O) groups excluding carboxylic acids is 1. The van der Waals surface area contributed by atoms with Gasteiger partial charge in [-0.25, -0.2) is 0 Å². The van der Waals surface area contributed by atoms with Gasteiger partial charge in [-0.3, -0.25) is 4.79 Å². The molecule has 3 heteroatoms. The lowest BCUT2D eigenvalue weighted by atomic mass is 9.88. The van der Waals surface area contributed by atoms with E-state index in [9.17, 15) is 4.79 Å². The zero-order chi connectivity index (χ0) is 14.4. The van der Waals surface area contributed by atoms with Gasteiger partial charge in [-0.15, -0.1) is 0 Å². The molecule has 0 saturated heterocycles. The van der Waals surface area contributed by atoms with Gasteiger partial charge in [0.2, 0.25) is 5.91 Å². The van der Waals surface area contributed by atoms with Gasteiger partial charge < -0.3 is 10.1 Å². The molecule has 1 N–H and O–H groups in total. The van der Waals surface area contributed by atoms with Crippen LogP contribution in [0, 0.1) is 5.92 Å². The van der Waals surface area contributed by atoms with Crippen LogP contribution >= 0.6 is 0 Å². The van der Waals surface area contributed by atoms with Crippen molar-refractivity contribution in [2.75, 3.05) is 0 Å². The number of hydrogen-bond donors (Lipinski definition) is 1. The number of nitrogens with one attached hydrogen (secondary N) is 1. The zero-order valence-electron chi connectivity index (χ0n) is 13.2. The maximum atomic E-state index is 12.2. The van der Waals surface area contributed by atoms with E-state index < -0.39 is 0 Å². The Kier molecular flexibility index (Phi) is 6.34. The minimum absolute atomic E-state index is 0.0927. The summed E-state index contributed by atoms with van der Waals surface area (Å²) in [6.45, 7) is 4.19. The second-order valence-electron chi connectivity index (χ2n) is 6.87. The lowest BCUT2D eigenvalue weighted by Crippen LogP contribution is -2.42. The van der Waals surface area contributed by atoms with Crippen molar-refractivity contribution in [1.29, 1.82) is 0 Å². The van der Waals surface area contributed by atoms with Crippen LogP contribution in [0.25, 0.3) is 0 Å². The molecule has 116 valence electrons. The second-order valence-corrected chi connectivity index (χ2v) is 6.87. The van der Waals surface area contributed by atoms with E-state index in [1.165, 1.54) is 38.5 Å². The summed E-state index contributed by atoms with van der Waals surface area (Å²) in [5.74, 6) is 0.834. The van der Waals surface area contributed by atoms with Crippen molar-refractivity contribution in [3.8, 4) is 0 Å². The Morgan fingerprint density at radius 3 is 2.40 bits per heavy atom. The maximum Gasteiger partial charge on any atom is 0.249 e. The molecule has 3 atom stereocenters. The minimum atomic E-state index is -0.298. The van der Waals surface area contributed by atoms with Crippen molar-refractivity contribution in [3.63, 3.8) is 0 Å². The van der Waals surface area contributed by atoms with Crippen LogP contribution in [0.4, 0.5) is 0 Å². The molecule has 2 aliphatic rings. The number of hydrogen-bond acceptors (Lipinski definition) is 2. The summed E-state index contributed by atoms with van der Waals surface area (Å²) in [5.41, 5.74) is 0. The SMILES string of the molecule is C[C@@H]1CCC[C@H](O[C@@H](C)C(=O)NC2CCCCCC2)C1. The minimum Gasteiger partial charge on any atom is -0.365 e. The molecule has 20 heavy (non-hydrogen) atoms. The topological polar surface area (TPSA) is 38.3 Å². The highest BCUT2D eigenvalue weighted by Crippen LogP contribution is 2.26. The van der Waals surface area contributed by atoms with E-state index in [0.29, 0.717) is 6.04 Å². The molecule has 3 nitrogen and oxygen atoms in total. The van der Waals surface area contributed by atoms with Crippen molar-refractivity contribution in [2.45, 2.75) is 96.3 Å². The first-order chi connectivity index (χ1) is 9.65. The maximum absolute atomic E-state index is 12.2. The van der Waals surface area contributed by atoms with E-state index in [-0.39, 0.29) is 18.1 Å². The van der Waals surface area contributed by atoms with Crippen LogP contribution in [0.1, 0.15) is 78.1 Å². The van der Waals surface area contributed by atoms with Crippen molar-refractivity contribution >= 4 is 5.91 Å². The predicted molar refractivity (Wildman–Crippen MR) is 81.6 cm³/mol. The number of carbonyl (C=O) groups is 1. The summed E-state index contributed by atoms with van der Waals surface area (Å²) in [5, 5.41) is 3.20. The van der Waals surface area contributed by atoms with Gasteiger partial charge in [0.15, 0.2) is 0 Å². The lowest BCUT2D eigenvalue weighted by Gasteiger charge is -2.29. The van der Waals surface area contributed by atoms with Gasteiger partial charge in [0.1, 0.15) is 6.10 Å². The van der Waals surface area contributed by atoms with Crippen molar-refractivity contribution < 1.29 is 9.53 Å². The molecule has 0 bridgehead atoms. The fourth-order valence-corrected chi connectivity index (χ4v) is 3.59. The third-order valence-electron chi connectivity index (χ3n) is 4.86. The Bertz CT molecular complexity index is 297.